The first kappa shape index (κ1) is 29.2. The third-order valence-corrected chi connectivity index (χ3v) is 10.6. The Kier molecular flexibility index (Phi) is 8.25. The van der Waals surface area contributed by atoms with Crippen LogP contribution < -0.4 is 9.47 Å². The highest BCUT2D eigenvalue weighted by atomic mass is 16.7. The highest BCUT2D eigenvalue weighted by Gasteiger charge is 2.35. The fourth-order valence-corrected chi connectivity index (χ4v) is 8.50. The van der Waals surface area contributed by atoms with Crippen LogP contribution in [0.3, 0.4) is 0 Å². The zero-order chi connectivity index (χ0) is 30.2. The zero-order valence-corrected chi connectivity index (χ0v) is 26.8. The van der Waals surface area contributed by atoms with Gasteiger partial charge in [-0.25, -0.2) is 0 Å². The van der Waals surface area contributed by atoms with E-state index >= 15 is 0 Å². The topological polar surface area (TPSA) is 40.6 Å². The first-order valence-electron chi connectivity index (χ1n) is 16.7. The van der Waals surface area contributed by atoms with E-state index in [1.54, 1.807) is 7.11 Å². The third kappa shape index (κ3) is 5.56. The summed E-state index contributed by atoms with van der Waals surface area (Å²) in [6.07, 6.45) is 15.4. The van der Waals surface area contributed by atoms with Gasteiger partial charge in [-0.2, -0.15) is 0 Å². The number of ether oxygens (including phenoxy) is 3. The lowest BCUT2D eigenvalue weighted by atomic mass is 9.76. The summed E-state index contributed by atoms with van der Waals surface area (Å²) in [7, 11) is 1.65. The van der Waals surface area contributed by atoms with Crippen molar-refractivity contribution in [3.8, 4) is 34.6 Å². The first-order chi connectivity index (χ1) is 21.5. The minimum atomic E-state index is 0.192. The van der Waals surface area contributed by atoms with Crippen LogP contribution in [-0.2, 0) is 4.74 Å². The SMILES string of the molecule is CC#Cc1c(C)ccc2cc(OCOC)cc(-c3ncc4c(C5CC6CCC(C6)C5)cc(OC5CCCCC5)cc4c3C)c12. The van der Waals surface area contributed by atoms with Crippen molar-refractivity contribution in [3.63, 3.8) is 0 Å². The van der Waals surface area contributed by atoms with E-state index in [9.17, 15) is 0 Å². The lowest BCUT2D eigenvalue weighted by Crippen LogP contribution is -2.20. The Balaban J connectivity index is 1.42. The second-order valence-corrected chi connectivity index (χ2v) is 13.5. The summed E-state index contributed by atoms with van der Waals surface area (Å²) in [6, 6.07) is 13.2. The van der Waals surface area contributed by atoms with Crippen LogP contribution in [0, 0.1) is 37.5 Å². The monoisotopic (exact) mass is 587 g/mol. The lowest BCUT2D eigenvalue weighted by molar-refractivity contribution is 0.0512. The Labute approximate surface area is 262 Å². The van der Waals surface area contributed by atoms with Crippen LogP contribution >= 0.6 is 0 Å². The summed E-state index contributed by atoms with van der Waals surface area (Å²) in [5, 5.41) is 4.75. The Morgan fingerprint density at radius 2 is 1.66 bits per heavy atom. The maximum absolute atomic E-state index is 6.79. The smallest absolute Gasteiger partial charge is 0.188 e. The van der Waals surface area contributed by atoms with Crippen LogP contribution in [0.2, 0.25) is 0 Å². The van der Waals surface area contributed by atoms with Gasteiger partial charge in [0.1, 0.15) is 11.5 Å². The van der Waals surface area contributed by atoms with Gasteiger partial charge in [-0.05, 0) is 135 Å². The van der Waals surface area contributed by atoms with Crippen LogP contribution in [-0.4, -0.2) is 25.0 Å². The van der Waals surface area contributed by atoms with Gasteiger partial charge in [-0.3, -0.25) is 4.98 Å². The first-order valence-corrected chi connectivity index (χ1v) is 16.7. The minimum absolute atomic E-state index is 0.192. The van der Waals surface area contributed by atoms with Gasteiger partial charge < -0.3 is 14.2 Å². The molecular weight excluding hydrogens is 542 g/mol. The molecular formula is C40H45NO3. The molecule has 0 saturated heterocycles. The van der Waals surface area contributed by atoms with Crippen molar-refractivity contribution in [1.82, 2.24) is 4.98 Å². The van der Waals surface area contributed by atoms with E-state index in [1.165, 1.54) is 73.3 Å². The number of rotatable bonds is 7. The van der Waals surface area contributed by atoms with Crippen molar-refractivity contribution >= 4 is 21.5 Å². The van der Waals surface area contributed by atoms with Crippen molar-refractivity contribution in [1.29, 1.82) is 0 Å². The third-order valence-electron chi connectivity index (χ3n) is 10.6. The molecule has 3 saturated carbocycles. The van der Waals surface area contributed by atoms with Crippen molar-refractivity contribution in [3.05, 3.63) is 64.8 Å². The molecule has 228 valence electrons. The van der Waals surface area contributed by atoms with E-state index in [2.05, 4.69) is 68.3 Å². The fraction of sp³-hybridized carbons (Fsp3) is 0.475. The molecule has 0 spiro atoms. The maximum Gasteiger partial charge on any atom is 0.188 e. The van der Waals surface area contributed by atoms with E-state index in [-0.39, 0.29) is 6.79 Å². The second-order valence-electron chi connectivity index (χ2n) is 13.5. The van der Waals surface area contributed by atoms with Crippen molar-refractivity contribution in [2.45, 2.75) is 97.0 Å². The van der Waals surface area contributed by atoms with E-state index in [4.69, 9.17) is 19.2 Å². The van der Waals surface area contributed by atoms with Crippen LogP contribution in [0.1, 0.15) is 99.3 Å². The van der Waals surface area contributed by atoms with Gasteiger partial charge >= 0.3 is 0 Å². The van der Waals surface area contributed by atoms with E-state index in [1.807, 2.05) is 6.92 Å². The largest absolute Gasteiger partial charge is 0.490 e. The molecule has 0 aliphatic heterocycles. The molecule has 1 heterocycles. The number of pyridine rings is 1. The fourth-order valence-electron chi connectivity index (χ4n) is 8.50. The number of methoxy groups -OCH3 is 1. The lowest BCUT2D eigenvalue weighted by Gasteiger charge is -2.30. The molecule has 3 aliphatic carbocycles. The molecule has 3 fully saturated rings. The molecule has 4 nitrogen and oxygen atoms in total. The molecule has 4 aromatic rings. The number of aromatic nitrogens is 1. The van der Waals surface area contributed by atoms with Crippen LogP contribution in [0.5, 0.6) is 11.5 Å². The van der Waals surface area contributed by atoms with Gasteiger partial charge in [0.25, 0.3) is 0 Å². The number of benzene rings is 3. The summed E-state index contributed by atoms with van der Waals surface area (Å²) in [5.41, 5.74) is 6.85. The molecule has 2 bridgehead atoms. The van der Waals surface area contributed by atoms with Crippen molar-refractivity contribution in [2.75, 3.05) is 13.9 Å². The van der Waals surface area contributed by atoms with Gasteiger partial charge in [-0.1, -0.05) is 37.3 Å². The molecule has 7 rings (SSSR count). The average Bonchev–Trinajstić information content (AvgIpc) is 3.38. The van der Waals surface area contributed by atoms with Gasteiger partial charge in [0.05, 0.1) is 11.8 Å². The van der Waals surface area contributed by atoms with Gasteiger partial charge in [0.15, 0.2) is 6.79 Å². The molecule has 0 amide bonds. The molecule has 1 aromatic heterocycles. The molecule has 3 aliphatic rings. The molecule has 44 heavy (non-hydrogen) atoms. The number of nitrogens with zero attached hydrogens (tertiary/aromatic N) is 1. The molecule has 4 heteroatoms. The van der Waals surface area contributed by atoms with Gasteiger partial charge in [0.2, 0.25) is 0 Å². The Morgan fingerprint density at radius 1 is 0.864 bits per heavy atom. The van der Waals surface area contributed by atoms with Crippen LogP contribution in [0.25, 0.3) is 32.8 Å². The Morgan fingerprint density at radius 3 is 2.41 bits per heavy atom. The summed E-state index contributed by atoms with van der Waals surface area (Å²) in [4.78, 5) is 5.26. The highest BCUT2D eigenvalue weighted by Crippen LogP contribution is 2.50. The standard InChI is InChI=1S/C40H45NO3/c1-5-9-34-25(2)12-15-29-19-32(43-24-42-4)20-37(39(29)34)40-26(3)35-21-33(44-31-10-7-6-8-11-31)22-36(38(35)23-41-40)30-17-27-13-14-28(16-27)18-30/h12,15,19-23,27-28,30-31H,6-8,10-11,13-14,16-18,24H2,1-4H3. The minimum Gasteiger partial charge on any atom is -0.490 e. The molecule has 0 radical (unpaired) electrons. The zero-order valence-electron chi connectivity index (χ0n) is 26.8. The molecule has 2 atom stereocenters. The average molecular weight is 588 g/mol. The summed E-state index contributed by atoms with van der Waals surface area (Å²) < 4.78 is 18.1. The number of fused-ring (bicyclic) bond motifs is 4. The summed E-state index contributed by atoms with van der Waals surface area (Å²) >= 11 is 0. The number of hydrogen-bond donors (Lipinski definition) is 0. The second kappa shape index (κ2) is 12.4. The predicted octanol–water partition coefficient (Wildman–Crippen LogP) is 10.0. The van der Waals surface area contributed by atoms with E-state index < -0.39 is 0 Å². The predicted molar refractivity (Wildman–Crippen MR) is 180 cm³/mol. The van der Waals surface area contributed by atoms with Crippen LogP contribution in [0.4, 0.5) is 0 Å². The van der Waals surface area contributed by atoms with E-state index in [0.717, 1.165) is 69.3 Å². The Bertz CT molecular complexity index is 1740. The highest BCUT2D eigenvalue weighted by molar-refractivity contribution is 6.04. The summed E-state index contributed by atoms with van der Waals surface area (Å²) in [6.45, 7) is 6.47. The molecule has 3 aromatic carbocycles. The summed E-state index contributed by atoms with van der Waals surface area (Å²) in [5.74, 6) is 10.7. The van der Waals surface area contributed by atoms with Crippen LogP contribution in [0.15, 0.2) is 42.6 Å². The Hall–Kier alpha value is -3.55. The van der Waals surface area contributed by atoms with E-state index in [0.29, 0.717) is 12.0 Å². The molecule has 2 unspecified atom stereocenters. The molecule has 0 N–H and O–H groups in total. The number of hydrogen-bond acceptors (Lipinski definition) is 4. The van der Waals surface area contributed by atoms with Crippen molar-refractivity contribution < 1.29 is 14.2 Å². The van der Waals surface area contributed by atoms with Gasteiger partial charge in [0, 0.05) is 35.2 Å². The normalized spacial score (nSPS) is 21.8. The maximum atomic E-state index is 6.79. The van der Waals surface area contributed by atoms with Crippen molar-refractivity contribution in [2.24, 2.45) is 11.8 Å². The number of aryl methyl sites for hydroxylation is 2. The van der Waals surface area contributed by atoms with Gasteiger partial charge in [-0.15, -0.1) is 5.92 Å². The quantitative estimate of drug-likeness (QED) is 0.159.